The Morgan fingerprint density at radius 1 is 0.947 bits per heavy atom. The second-order valence-electron chi connectivity index (χ2n) is 10.7. The summed E-state index contributed by atoms with van der Waals surface area (Å²) in [6.07, 6.45) is 3.93. The minimum absolute atomic E-state index is 0.116. The SMILES string of the molecule is O=C(NC1c2ccccc2C[C@H]1O)C(Cc1ccccc1)CC(O)CN1CCN(Cc2cccnc2)CC1. The molecule has 1 aliphatic heterocycles. The highest BCUT2D eigenvalue weighted by Gasteiger charge is 2.34. The molecule has 2 aliphatic rings. The van der Waals surface area contributed by atoms with Gasteiger partial charge in [-0.2, -0.15) is 0 Å². The summed E-state index contributed by atoms with van der Waals surface area (Å²) in [5.41, 5.74) is 4.34. The smallest absolute Gasteiger partial charge is 0.224 e. The van der Waals surface area contributed by atoms with Gasteiger partial charge in [-0.15, -0.1) is 0 Å². The molecule has 1 amide bonds. The number of piperazine rings is 1. The summed E-state index contributed by atoms with van der Waals surface area (Å²) < 4.78 is 0. The first kappa shape index (κ1) is 26.5. The van der Waals surface area contributed by atoms with Crippen LogP contribution in [0.25, 0.3) is 0 Å². The van der Waals surface area contributed by atoms with Crippen LogP contribution >= 0.6 is 0 Å². The molecule has 0 bridgehead atoms. The fraction of sp³-hybridized carbons (Fsp3) is 0.419. The summed E-state index contributed by atoms with van der Waals surface area (Å²) in [5, 5.41) is 24.9. The molecule has 2 heterocycles. The summed E-state index contributed by atoms with van der Waals surface area (Å²) >= 11 is 0. The van der Waals surface area contributed by atoms with Crippen LogP contribution in [0.2, 0.25) is 0 Å². The molecular weight excluding hydrogens is 476 g/mol. The van der Waals surface area contributed by atoms with E-state index in [4.69, 9.17) is 0 Å². The molecule has 1 saturated heterocycles. The van der Waals surface area contributed by atoms with Gasteiger partial charge in [-0.25, -0.2) is 0 Å². The number of rotatable bonds is 10. The molecule has 7 heteroatoms. The molecule has 7 nitrogen and oxygen atoms in total. The first-order valence-corrected chi connectivity index (χ1v) is 13.7. The van der Waals surface area contributed by atoms with Gasteiger partial charge in [0, 0.05) is 64.0 Å². The summed E-state index contributed by atoms with van der Waals surface area (Å²) in [7, 11) is 0. The molecule has 3 unspecified atom stereocenters. The number of carbonyl (C=O) groups excluding carboxylic acids is 1. The van der Waals surface area contributed by atoms with E-state index in [1.54, 1.807) is 6.20 Å². The van der Waals surface area contributed by atoms with Gasteiger partial charge in [0.1, 0.15) is 0 Å². The van der Waals surface area contributed by atoms with Gasteiger partial charge in [-0.05, 0) is 41.2 Å². The molecule has 0 spiro atoms. The predicted molar refractivity (Wildman–Crippen MR) is 147 cm³/mol. The van der Waals surface area contributed by atoms with E-state index in [9.17, 15) is 15.0 Å². The summed E-state index contributed by atoms with van der Waals surface area (Å²) in [6, 6.07) is 21.5. The van der Waals surface area contributed by atoms with E-state index in [1.165, 1.54) is 5.56 Å². The van der Waals surface area contributed by atoms with Crippen LogP contribution in [0.15, 0.2) is 79.1 Å². The predicted octanol–water partition coefficient (Wildman–Crippen LogP) is 2.58. The zero-order valence-electron chi connectivity index (χ0n) is 21.8. The van der Waals surface area contributed by atoms with Gasteiger partial charge >= 0.3 is 0 Å². The van der Waals surface area contributed by atoms with Crippen LogP contribution in [0, 0.1) is 5.92 Å². The van der Waals surface area contributed by atoms with Crippen LogP contribution in [0.1, 0.15) is 34.7 Å². The molecule has 1 fully saturated rings. The number of aromatic nitrogens is 1. The summed E-state index contributed by atoms with van der Waals surface area (Å²) in [5.74, 6) is -0.505. The Labute approximate surface area is 225 Å². The Bertz CT molecular complexity index is 1170. The van der Waals surface area contributed by atoms with Gasteiger partial charge in [0.15, 0.2) is 0 Å². The minimum atomic E-state index is -0.637. The summed E-state index contributed by atoms with van der Waals surface area (Å²) in [6.45, 7) is 5.09. The van der Waals surface area contributed by atoms with Gasteiger partial charge in [0.05, 0.1) is 18.2 Å². The van der Waals surface area contributed by atoms with Gasteiger partial charge in [-0.1, -0.05) is 60.7 Å². The lowest BCUT2D eigenvalue weighted by atomic mass is 9.92. The van der Waals surface area contributed by atoms with Gasteiger partial charge in [-0.3, -0.25) is 19.6 Å². The zero-order valence-corrected chi connectivity index (χ0v) is 21.8. The number of amides is 1. The van der Waals surface area contributed by atoms with Crippen molar-refractivity contribution in [1.29, 1.82) is 0 Å². The molecule has 0 radical (unpaired) electrons. The summed E-state index contributed by atoms with van der Waals surface area (Å²) in [4.78, 5) is 22.5. The maximum absolute atomic E-state index is 13.5. The van der Waals surface area contributed by atoms with E-state index in [1.807, 2.05) is 66.9 Å². The molecule has 38 heavy (non-hydrogen) atoms. The van der Waals surface area contributed by atoms with Crippen LogP contribution in [0.3, 0.4) is 0 Å². The lowest BCUT2D eigenvalue weighted by molar-refractivity contribution is -0.127. The van der Waals surface area contributed by atoms with Crippen molar-refractivity contribution >= 4 is 5.91 Å². The van der Waals surface area contributed by atoms with E-state index in [0.717, 1.165) is 49.4 Å². The van der Waals surface area contributed by atoms with Crippen LogP contribution < -0.4 is 5.32 Å². The number of nitrogens with zero attached hydrogens (tertiary/aromatic N) is 3. The number of fused-ring (bicyclic) bond motifs is 1. The Balaban J connectivity index is 1.18. The number of hydrogen-bond donors (Lipinski definition) is 3. The van der Waals surface area contributed by atoms with Crippen molar-refractivity contribution in [2.45, 2.75) is 44.1 Å². The van der Waals surface area contributed by atoms with E-state index in [2.05, 4.69) is 26.2 Å². The number of aliphatic hydroxyl groups excluding tert-OH is 2. The molecule has 1 aliphatic carbocycles. The normalized spacial score (nSPS) is 21.5. The van der Waals surface area contributed by atoms with Crippen LogP contribution in [-0.2, 0) is 24.2 Å². The Hall–Kier alpha value is -3.10. The third-order valence-electron chi connectivity index (χ3n) is 7.82. The Morgan fingerprint density at radius 2 is 1.66 bits per heavy atom. The number of pyridine rings is 1. The zero-order chi connectivity index (χ0) is 26.3. The molecule has 2 aromatic carbocycles. The Kier molecular flexibility index (Phi) is 8.81. The van der Waals surface area contributed by atoms with Crippen molar-refractivity contribution in [3.8, 4) is 0 Å². The molecule has 200 valence electrons. The maximum Gasteiger partial charge on any atom is 0.224 e. The Morgan fingerprint density at radius 3 is 2.42 bits per heavy atom. The quantitative estimate of drug-likeness (QED) is 0.386. The number of hydrogen-bond acceptors (Lipinski definition) is 6. The topological polar surface area (TPSA) is 88.9 Å². The average molecular weight is 515 g/mol. The molecule has 3 N–H and O–H groups in total. The van der Waals surface area contributed by atoms with Crippen LogP contribution in [-0.4, -0.2) is 75.8 Å². The molecule has 1 aromatic heterocycles. The standard InChI is InChI=1S/C31H38N4O3/c36-27(22-35-15-13-34(14-16-35)21-24-9-6-12-32-20-24)18-26(17-23-7-2-1-3-8-23)31(38)33-30-28-11-5-4-10-25(28)19-29(30)37/h1-12,20,26-27,29-30,36-37H,13-19,21-22H2,(H,33,38)/t26?,27?,29-,30?/m1/s1. The number of aliphatic hydroxyl groups is 2. The van der Waals surface area contributed by atoms with E-state index < -0.39 is 18.2 Å². The highest BCUT2D eigenvalue weighted by molar-refractivity contribution is 5.79. The minimum Gasteiger partial charge on any atom is -0.392 e. The molecular formula is C31H38N4O3. The molecule has 5 rings (SSSR count). The van der Waals surface area contributed by atoms with Crippen molar-refractivity contribution in [3.63, 3.8) is 0 Å². The van der Waals surface area contributed by atoms with Gasteiger partial charge in [0.25, 0.3) is 0 Å². The maximum atomic E-state index is 13.5. The van der Waals surface area contributed by atoms with Crippen LogP contribution in [0.5, 0.6) is 0 Å². The van der Waals surface area contributed by atoms with E-state index in [-0.39, 0.29) is 11.8 Å². The second kappa shape index (κ2) is 12.6. The fourth-order valence-electron chi connectivity index (χ4n) is 5.78. The second-order valence-corrected chi connectivity index (χ2v) is 10.7. The third kappa shape index (κ3) is 6.85. The number of benzene rings is 2. The van der Waals surface area contributed by atoms with Gasteiger partial charge < -0.3 is 15.5 Å². The molecule has 4 atom stereocenters. The average Bonchev–Trinajstić information content (AvgIpc) is 3.25. The van der Waals surface area contributed by atoms with Crippen molar-refractivity contribution in [3.05, 3.63) is 101 Å². The number of β-amino-alcohol motifs (C(OH)–C–C–N with tert-alkyl or cyclic N) is 1. The highest BCUT2D eigenvalue weighted by atomic mass is 16.3. The number of nitrogens with one attached hydrogen (secondary N) is 1. The highest BCUT2D eigenvalue weighted by Crippen LogP contribution is 2.32. The fourth-order valence-corrected chi connectivity index (χ4v) is 5.78. The van der Waals surface area contributed by atoms with E-state index >= 15 is 0 Å². The van der Waals surface area contributed by atoms with Crippen molar-refractivity contribution in [2.24, 2.45) is 5.92 Å². The van der Waals surface area contributed by atoms with Crippen molar-refractivity contribution < 1.29 is 15.0 Å². The lowest BCUT2D eigenvalue weighted by Gasteiger charge is -2.36. The molecule has 3 aromatic rings. The third-order valence-corrected chi connectivity index (χ3v) is 7.82. The molecule has 0 saturated carbocycles. The van der Waals surface area contributed by atoms with Crippen molar-refractivity contribution in [2.75, 3.05) is 32.7 Å². The first-order valence-electron chi connectivity index (χ1n) is 13.7. The van der Waals surface area contributed by atoms with Crippen LogP contribution in [0.4, 0.5) is 0 Å². The van der Waals surface area contributed by atoms with Crippen molar-refractivity contribution in [1.82, 2.24) is 20.1 Å². The largest absolute Gasteiger partial charge is 0.392 e. The lowest BCUT2D eigenvalue weighted by Crippen LogP contribution is -2.48. The number of carbonyl (C=O) groups is 1. The van der Waals surface area contributed by atoms with Gasteiger partial charge in [0.2, 0.25) is 5.91 Å². The van der Waals surface area contributed by atoms with E-state index in [0.29, 0.717) is 25.8 Å². The first-order chi connectivity index (χ1) is 18.5. The monoisotopic (exact) mass is 514 g/mol.